The number of likely N-dealkylation sites (N-methyl/N-ethyl adjacent to an activating group) is 1. The molecule has 1 unspecified atom stereocenters. The number of hydrogen-bond donors (Lipinski definition) is 1. The van der Waals surface area contributed by atoms with E-state index in [-0.39, 0.29) is 10.9 Å². The van der Waals surface area contributed by atoms with Gasteiger partial charge in [0.15, 0.2) is 6.61 Å². The first-order valence-electron chi connectivity index (χ1n) is 8.15. The fourth-order valence-electron chi connectivity index (χ4n) is 2.24. The quantitative estimate of drug-likeness (QED) is 0.652. The molecule has 2 rings (SSSR count). The first-order chi connectivity index (χ1) is 12.7. The summed E-state index contributed by atoms with van der Waals surface area (Å²) in [4.78, 5) is 25.3. The Morgan fingerprint density at radius 1 is 1.30 bits per heavy atom. The highest BCUT2D eigenvalue weighted by Crippen LogP contribution is 2.18. The van der Waals surface area contributed by atoms with Crippen LogP contribution >= 0.6 is 0 Å². The Balaban J connectivity index is 1.81. The number of hydrogen-bond acceptors (Lipinski definition) is 6. The summed E-state index contributed by atoms with van der Waals surface area (Å²) in [5.41, 5.74) is 0.948. The van der Waals surface area contributed by atoms with Crippen molar-refractivity contribution in [2.24, 2.45) is 7.05 Å². The van der Waals surface area contributed by atoms with Crippen LogP contribution < -0.4 is 4.72 Å². The average Bonchev–Trinajstić information content (AvgIpc) is 3.11. The number of aromatic nitrogens is 2. The lowest BCUT2D eigenvalue weighted by Gasteiger charge is -2.25. The molecule has 1 N–H and O–H groups in total. The number of amides is 1. The molecule has 0 saturated heterocycles. The molecule has 0 aliphatic carbocycles. The topological polar surface area (TPSA) is 111 Å². The summed E-state index contributed by atoms with van der Waals surface area (Å²) in [6, 6.07) is 9.23. The standard InChI is InChI=1S/C17H22N4O5S/c1-13(14-7-5-4-6-8-14)21(3)16(22)12-26-17(23)10-19-27(24,25)15-9-18-20(2)11-15/h4-9,11,13,19H,10,12H2,1-3H3. The zero-order chi connectivity index (χ0) is 20.0. The van der Waals surface area contributed by atoms with E-state index in [4.69, 9.17) is 4.74 Å². The molecule has 0 aliphatic rings. The van der Waals surface area contributed by atoms with Gasteiger partial charge in [0.25, 0.3) is 5.91 Å². The van der Waals surface area contributed by atoms with E-state index in [1.807, 2.05) is 37.3 Å². The van der Waals surface area contributed by atoms with Gasteiger partial charge in [0.1, 0.15) is 11.4 Å². The normalized spacial score (nSPS) is 12.4. The van der Waals surface area contributed by atoms with Gasteiger partial charge >= 0.3 is 5.97 Å². The second-order valence-electron chi connectivity index (χ2n) is 5.93. The zero-order valence-electron chi connectivity index (χ0n) is 15.3. The van der Waals surface area contributed by atoms with Crippen molar-refractivity contribution in [3.05, 3.63) is 48.3 Å². The molecule has 1 aromatic heterocycles. The van der Waals surface area contributed by atoms with Crippen molar-refractivity contribution in [2.75, 3.05) is 20.2 Å². The lowest BCUT2D eigenvalue weighted by Crippen LogP contribution is -2.35. The van der Waals surface area contributed by atoms with Gasteiger partial charge in [-0.2, -0.15) is 9.82 Å². The molecular formula is C17H22N4O5S. The van der Waals surface area contributed by atoms with Crippen LogP contribution in [0.15, 0.2) is 47.6 Å². The zero-order valence-corrected chi connectivity index (χ0v) is 16.1. The molecule has 1 atom stereocenters. The molecule has 1 heterocycles. The molecular weight excluding hydrogens is 372 g/mol. The highest BCUT2D eigenvalue weighted by Gasteiger charge is 2.20. The number of ether oxygens (including phenoxy) is 1. The van der Waals surface area contributed by atoms with Crippen LogP contribution in [0, 0.1) is 0 Å². The van der Waals surface area contributed by atoms with Crippen molar-refractivity contribution in [3.63, 3.8) is 0 Å². The molecule has 0 saturated carbocycles. The Hall–Kier alpha value is -2.72. The summed E-state index contributed by atoms with van der Waals surface area (Å²) in [5.74, 6) is -1.24. The number of sulfonamides is 1. The Morgan fingerprint density at radius 3 is 2.56 bits per heavy atom. The number of rotatable bonds is 8. The summed E-state index contributed by atoms with van der Waals surface area (Å²) in [6.45, 7) is 0.806. The number of esters is 1. The van der Waals surface area contributed by atoms with Gasteiger partial charge < -0.3 is 9.64 Å². The van der Waals surface area contributed by atoms with Crippen molar-refractivity contribution in [1.82, 2.24) is 19.4 Å². The van der Waals surface area contributed by atoms with Gasteiger partial charge in [0, 0.05) is 20.3 Å². The van der Waals surface area contributed by atoms with E-state index < -0.39 is 35.1 Å². The van der Waals surface area contributed by atoms with E-state index in [0.29, 0.717) is 0 Å². The SMILES string of the molecule is CC(c1ccccc1)N(C)C(=O)COC(=O)CNS(=O)(=O)c1cnn(C)c1. The highest BCUT2D eigenvalue weighted by atomic mass is 32.2. The Morgan fingerprint density at radius 2 is 1.96 bits per heavy atom. The van der Waals surface area contributed by atoms with Crippen LogP contribution in [-0.2, 0) is 31.4 Å². The second kappa shape index (κ2) is 8.78. The van der Waals surface area contributed by atoms with Crippen LogP contribution in [0.5, 0.6) is 0 Å². The van der Waals surface area contributed by atoms with Crippen LogP contribution in [0.3, 0.4) is 0 Å². The summed E-state index contributed by atoms with van der Waals surface area (Å²) in [5, 5.41) is 3.76. The maximum absolute atomic E-state index is 12.2. The molecule has 0 aliphatic heterocycles. The summed E-state index contributed by atoms with van der Waals surface area (Å²) in [6.07, 6.45) is 2.47. The van der Waals surface area contributed by atoms with Crippen molar-refractivity contribution < 1.29 is 22.7 Å². The lowest BCUT2D eigenvalue weighted by atomic mass is 10.1. The van der Waals surface area contributed by atoms with Crippen LogP contribution in [0.4, 0.5) is 0 Å². The van der Waals surface area contributed by atoms with Crippen molar-refractivity contribution in [3.8, 4) is 0 Å². The van der Waals surface area contributed by atoms with E-state index in [2.05, 4.69) is 9.82 Å². The third-order valence-electron chi connectivity index (χ3n) is 4.01. The predicted octanol–water partition coefficient (Wildman–Crippen LogP) is 0.461. The van der Waals surface area contributed by atoms with E-state index in [0.717, 1.165) is 11.8 Å². The minimum atomic E-state index is -3.87. The monoisotopic (exact) mass is 394 g/mol. The third kappa shape index (κ3) is 5.63. The van der Waals surface area contributed by atoms with Gasteiger partial charge in [-0.3, -0.25) is 14.3 Å². The molecule has 10 heteroatoms. The molecule has 2 aromatic rings. The van der Waals surface area contributed by atoms with Crippen molar-refractivity contribution in [1.29, 1.82) is 0 Å². The van der Waals surface area contributed by atoms with Crippen LogP contribution in [-0.4, -0.2) is 55.2 Å². The second-order valence-corrected chi connectivity index (χ2v) is 7.69. The molecule has 1 amide bonds. The number of carbonyl (C=O) groups is 2. The smallest absolute Gasteiger partial charge is 0.321 e. The number of carbonyl (C=O) groups excluding carboxylic acids is 2. The molecule has 0 radical (unpaired) electrons. The largest absolute Gasteiger partial charge is 0.455 e. The van der Waals surface area contributed by atoms with Gasteiger partial charge in [-0.05, 0) is 12.5 Å². The summed E-state index contributed by atoms with van der Waals surface area (Å²) in [7, 11) is -0.683. The van der Waals surface area contributed by atoms with E-state index >= 15 is 0 Å². The fraction of sp³-hybridized carbons (Fsp3) is 0.353. The van der Waals surface area contributed by atoms with Gasteiger partial charge in [0.2, 0.25) is 10.0 Å². The maximum Gasteiger partial charge on any atom is 0.321 e. The summed E-state index contributed by atoms with van der Waals surface area (Å²) < 4.78 is 32.3. The number of nitrogens with one attached hydrogen (secondary N) is 1. The van der Waals surface area contributed by atoms with Gasteiger partial charge in [0.05, 0.1) is 12.2 Å². The molecule has 0 spiro atoms. The van der Waals surface area contributed by atoms with Crippen molar-refractivity contribution >= 4 is 21.9 Å². The fourth-order valence-corrected chi connectivity index (χ4v) is 3.19. The maximum atomic E-state index is 12.2. The van der Waals surface area contributed by atoms with E-state index in [1.165, 1.54) is 15.8 Å². The molecule has 0 fully saturated rings. The Kier molecular flexibility index (Phi) is 6.70. The first kappa shape index (κ1) is 20.6. The Bertz CT molecular complexity index is 895. The number of benzene rings is 1. The van der Waals surface area contributed by atoms with Crippen LogP contribution in [0.1, 0.15) is 18.5 Å². The van der Waals surface area contributed by atoms with Crippen LogP contribution in [0.25, 0.3) is 0 Å². The summed E-state index contributed by atoms with van der Waals surface area (Å²) >= 11 is 0. The lowest BCUT2D eigenvalue weighted by molar-refractivity contribution is -0.151. The number of nitrogens with zero attached hydrogens (tertiary/aromatic N) is 3. The van der Waals surface area contributed by atoms with E-state index in [1.54, 1.807) is 14.1 Å². The predicted molar refractivity (Wildman–Crippen MR) is 97.0 cm³/mol. The van der Waals surface area contributed by atoms with Gasteiger partial charge in [-0.15, -0.1) is 0 Å². The molecule has 0 bridgehead atoms. The molecule has 146 valence electrons. The molecule has 9 nitrogen and oxygen atoms in total. The highest BCUT2D eigenvalue weighted by molar-refractivity contribution is 7.89. The Labute approximate surface area is 158 Å². The van der Waals surface area contributed by atoms with Gasteiger partial charge in [-0.1, -0.05) is 30.3 Å². The van der Waals surface area contributed by atoms with Crippen LogP contribution in [0.2, 0.25) is 0 Å². The third-order valence-corrected chi connectivity index (χ3v) is 5.37. The first-order valence-corrected chi connectivity index (χ1v) is 9.63. The van der Waals surface area contributed by atoms with Gasteiger partial charge in [-0.25, -0.2) is 8.42 Å². The molecule has 27 heavy (non-hydrogen) atoms. The minimum absolute atomic E-state index is 0.0645. The minimum Gasteiger partial charge on any atom is -0.455 e. The average molecular weight is 394 g/mol. The van der Waals surface area contributed by atoms with E-state index in [9.17, 15) is 18.0 Å². The van der Waals surface area contributed by atoms with Crippen molar-refractivity contribution in [2.45, 2.75) is 17.9 Å². The number of aryl methyl sites for hydroxylation is 1. The molecule has 1 aromatic carbocycles.